The largest absolute Gasteiger partial charge is 0.311 e. The molecule has 7 nitrogen and oxygen atoms in total. The number of hydrogen-bond acceptors (Lipinski definition) is 3. The molecule has 2 aromatic heterocycles. The highest BCUT2D eigenvalue weighted by Crippen LogP contribution is 2.39. The molecule has 1 atom stereocenters. The molecular weight excluding hydrogens is 342 g/mol. The lowest BCUT2D eigenvalue weighted by Crippen LogP contribution is -2.28. The van der Waals surface area contributed by atoms with Crippen LogP contribution in [0.2, 0.25) is 0 Å². The van der Waals surface area contributed by atoms with E-state index < -0.39 is 0 Å². The highest BCUT2D eigenvalue weighted by molar-refractivity contribution is 5.94. The van der Waals surface area contributed by atoms with E-state index in [1.54, 1.807) is 0 Å². The number of nitrogens with zero attached hydrogens (tertiary/aromatic N) is 3. The number of nitrogens with one attached hydrogen (secondary N) is 2. The van der Waals surface area contributed by atoms with E-state index in [1.165, 1.54) is 19.3 Å². The van der Waals surface area contributed by atoms with E-state index in [0.717, 1.165) is 42.6 Å². The molecule has 1 aliphatic carbocycles. The van der Waals surface area contributed by atoms with Crippen molar-refractivity contribution in [2.24, 2.45) is 7.05 Å². The third kappa shape index (κ3) is 3.13. The van der Waals surface area contributed by atoms with Gasteiger partial charge in [0.05, 0.1) is 17.3 Å². The fourth-order valence-corrected chi connectivity index (χ4v) is 4.89. The van der Waals surface area contributed by atoms with Gasteiger partial charge in [0, 0.05) is 30.6 Å². The first-order valence-electron chi connectivity index (χ1n) is 10.1. The zero-order valence-electron chi connectivity index (χ0n) is 16.5. The van der Waals surface area contributed by atoms with Crippen LogP contribution < -0.4 is 10.9 Å². The molecule has 0 unspecified atom stereocenters. The number of fused-ring (bicyclic) bond motifs is 1. The number of amides is 1. The molecule has 27 heavy (non-hydrogen) atoms. The summed E-state index contributed by atoms with van der Waals surface area (Å²) in [5, 5.41) is 10.6. The molecule has 1 fully saturated rings. The lowest BCUT2D eigenvalue weighted by atomic mass is 9.85. The minimum absolute atomic E-state index is 0.0336. The zero-order chi connectivity index (χ0) is 19.1. The number of carbonyl (C=O) groups is 1. The van der Waals surface area contributed by atoms with Gasteiger partial charge in [0.15, 0.2) is 0 Å². The predicted octanol–water partition coefficient (Wildman–Crippen LogP) is 3.29. The molecular formula is C20H29N5O2. The van der Waals surface area contributed by atoms with Crippen LogP contribution in [0.4, 0.5) is 5.82 Å². The van der Waals surface area contributed by atoms with Crippen LogP contribution >= 0.6 is 0 Å². The second-order valence-electron chi connectivity index (χ2n) is 8.09. The summed E-state index contributed by atoms with van der Waals surface area (Å²) >= 11 is 0. The van der Waals surface area contributed by atoms with Crippen LogP contribution in [0.15, 0.2) is 4.79 Å². The number of H-pyrrole nitrogens is 1. The van der Waals surface area contributed by atoms with Crippen molar-refractivity contribution in [3.63, 3.8) is 0 Å². The molecule has 1 saturated carbocycles. The van der Waals surface area contributed by atoms with E-state index in [0.29, 0.717) is 11.4 Å². The van der Waals surface area contributed by atoms with Crippen molar-refractivity contribution in [2.45, 2.75) is 77.2 Å². The number of anilines is 1. The Morgan fingerprint density at radius 1 is 1.00 bits per heavy atom. The number of aromatic amines is 1. The Bertz CT molecular complexity index is 912. The molecule has 0 aromatic carbocycles. The fraction of sp³-hybridized carbons (Fsp3) is 0.650. The first kappa shape index (κ1) is 18.1. The van der Waals surface area contributed by atoms with E-state index in [2.05, 4.69) is 15.5 Å². The van der Waals surface area contributed by atoms with Crippen LogP contribution in [0.25, 0.3) is 0 Å². The summed E-state index contributed by atoms with van der Waals surface area (Å²) in [6.45, 7) is 3.95. The maximum absolute atomic E-state index is 12.9. The number of aryl methyl sites for hydroxylation is 2. The lowest BCUT2D eigenvalue weighted by Gasteiger charge is -2.27. The van der Waals surface area contributed by atoms with Gasteiger partial charge in [0.25, 0.3) is 5.56 Å². The summed E-state index contributed by atoms with van der Waals surface area (Å²) in [6.07, 6.45) is 8.49. The van der Waals surface area contributed by atoms with Gasteiger partial charge in [-0.05, 0) is 26.7 Å². The maximum Gasteiger partial charge on any atom is 0.270 e. The molecule has 1 amide bonds. The van der Waals surface area contributed by atoms with Gasteiger partial charge in [0.2, 0.25) is 5.91 Å². The first-order valence-corrected chi connectivity index (χ1v) is 10.1. The summed E-state index contributed by atoms with van der Waals surface area (Å²) in [4.78, 5) is 25.5. The van der Waals surface area contributed by atoms with Crippen molar-refractivity contribution in [1.29, 1.82) is 0 Å². The summed E-state index contributed by atoms with van der Waals surface area (Å²) in [5.41, 5.74) is 3.51. The Kier molecular flexibility index (Phi) is 4.70. The van der Waals surface area contributed by atoms with Crippen molar-refractivity contribution in [2.75, 3.05) is 5.32 Å². The first-order chi connectivity index (χ1) is 13.0. The SMILES string of the molecule is Cc1nn(C)c(C)c1[C@H]1CC(=O)Nc2c1c(=O)[nH]n2C1CCCCCCC1. The van der Waals surface area contributed by atoms with Crippen molar-refractivity contribution in [3.8, 4) is 0 Å². The number of carbonyl (C=O) groups excluding carboxylic acids is 1. The number of hydrogen-bond donors (Lipinski definition) is 2. The molecule has 146 valence electrons. The van der Waals surface area contributed by atoms with Crippen LogP contribution in [0.1, 0.15) is 85.8 Å². The lowest BCUT2D eigenvalue weighted by molar-refractivity contribution is -0.116. The molecule has 1 aliphatic heterocycles. The highest BCUT2D eigenvalue weighted by atomic mass is 16.2. The Morgan fingerprint density at radius 2 is 1.67 bits per heavy atom. The molecule has 0 spiro atoms. The maximum atomic E-state index is 12.9. The van der Waals surface area contributed by atoms with Crippen molar-refractivity contribution in [1.82, 2.24) is 19.6 Å². The van der Waals surface area contributed by atoms with E-state index in [4.69, 9.17) is 0 Å². The molecule has 2 aliphatic rings. The summed E-state index contributed by atoms with van der Waals surface area (Å²) < 4.78 is 3.78. The van der Waals surface area contributed by atoms with E-state index in [-0.39, 0.29) is 29.8 Å². The van der Waals surface area contributed by atoms with E-state index in [1.807, 2.05) is 30.3 Å². The Morgan fingerprint density at radius 3 is 2.30 bits per heavy atom. The molecule has 2 aromatic rings. The Hall–Kier alpha value is -2.31. The van der Waals surface area contributed by atoms with Gasteiger partial charge in [-0.3, -0.25) is 24.1 Å². The van der Waals surface area contributed by atoms with Crippen molar-refractivity contribution < 1.29 is 4.79 Å². The minimum Gasteiger partial charge on any atom is -0.311 e. The molecule has 0 bridgehead atoms. The topological polar surface area (TPSA) is 84.7 Å². The molecule has 0 saturated heterocycles. The average molecular weight is 371 g/mol. The normalized spacial score (nSPS) is 21.4. The Labute approximate surface area is 159 Å². The molecule has 4 rings (SSSR count). The Balaban J connectivity index is 1.80. The van der Waals surface area contributed by atoms with Crippen LogP contribution in [0, 0.1) is 13.8 Å². The van der Waals surface area contributed by atoms with Crippen molar-refractivity contribution in [3.05, 3.63) is 32.9 Å². The fourth-order valence-electron chi connectivity index (χ4n) is 4.89. The van der Waals surface area contributed by atoms with E-state index in [9.17, 15) is 9.59 Å². The van der Waals surface area contributed by atoms with Crippen LogP contribution in [0.3, 0.4) is 0 Å². The van der Waals surface area contributed by atoms with E-state index >= 15 is 0 Å². The van der Waals surface area contributed by atoms with Gasteiger partial charge in [0.1, 0.15) is 5.82 Å². The summed E-state index contributed by atoms with van der Waals surface area (Å²) in [6, 6.07) is 0.247. The van der Waals surface area contributed by atoms with Gasteiger partial charge in [-0.25, -0.2) is 0 Å². The highest BCUT2D eigenvalue weighted by Gasteiger charge is 2.36. The summed E-state index contributed by atoms with van der Waals surface area (Å²) in [5.74, 6) is 0.407. The van der Waals surface area contributed by atoms with Crippen LogP contribution in [-0.2, 0) is 11.8 Å². The number of rotatable bonds is 2. The average Bonchev–Trinajstić information content (AvgIpc) is 3.03. The van der Waals surface area contributed by atoms with Gasteiger partial charge < -0.3 is 5.32 Å². The van der Waals surface area contributed by atoms with Gasteiger partial charge >= 0.3 is 0 Å². The van der Waals surface area contributed by atoms with Gasteiger partial charge in [-0.2, -0.15) is 5.10 Å². The summed E-state index contributed by atoms with van der Waals surface area (Å²) in [7, 11) is 1.90. The molecule has 3 heterocycles. The molecule has 2 N–H and O–H groups in total. The monoisotopic (exact) mass is 371 g/mol. The molecule has 0 radical (unpaired) electrons. The standard InChI is InChI=1S/C20H29N5O2/c1-12-17(13(2)24(3)22-12)15-11-16(26)21-19-18(15)20(27)23-25(19)14-9-7-5-4-6-8-10-14/h14-15H,4-11H2,1-3H3,(H,21,26)(H,23,27)/t15-/m1/s1. The predicted molar refractivity (Wildman–Crippen MR) is 104 cm³/mol. The third-order valence-corrected chi connectivity index (χ3v) is 6.31. The third-order valence-electron chi connectivity index (χ3n) is 6.31. The zero-order valence-corrected chi connectivity index (χ0v) is 16.5. The van der Waals surface area contributed by atoms with Crippen LogP contribution in [-0.4, -0.2) is 25.5 Å². The smallest absolute Gasteiger partial charge is 0.270 e. The second kappa shape index (κ2) is 7.02. The van der Waals surface area contributed by atoms with Gasteiger partial charge in [-0.15, -0.1) is 0 Å². The van der Waals surface area contributed by atoms with Crippen LogP contribution in [0.5, 0.6) is 0 Å². The molecule has 7 heteroatoms. The second-order valence-corrected chi connectivity index (χ2v) is 8.09. The van der Waals surface area contributed by atoms with Gasteiger partial charge in [-0.1, -0.05) is 32.1 Å². The number of aromatic nitrogens is 4. The van der Waals surface area contributed by atoms with Crippen molar-refractivity contribution >= 4 is 11.7 Å². The minimum atomic E-state index is -0.235. The quantitative estimate of drug-likeness (QED) is 0.849.